The maximum Gasteiger partial charge on any atom is 0.303 e. The summed E-state index contributed by atoms with van der Waals surface area (Å²) in [5, 5.41) is 12.3. The van der Waals surface area contributed by atoms with E-state index < -0.39 is 5.97 Å². The summed E-state index contributed by atoms with van der Waals surface area (Å²) in [5.74, 6) is -0.495. The molecule has 1 amide bonds. The highest BCUT2D eigenvalue weighted by Crippen LogP contribution is 2.30. The molecule has 0 spiro atoms. The molecule has 1 atom stereocenters. The van der Waals surface area contributed by atoms with Crippen molar-refractivity contribution in [3.8, 4) is 5.75 Å². The minimum absolute atomic E-state index is 0.0609. The van der Waals surface area contributed by atoms with Crippen molar-refractivity contribution in [2.75, 3.05) is 11.9 Å². The Morgan fingerprint density at radius 2 is 2.08 bits per heavy atom. The Balaban J connectivity index is 1.65. The monoisotopic (exact) mass is 359 g/mol. The van der Waals surface area contributed by atoms with Gasteiger partial charge < -0.3 is 15.2 Å². The SMILES string of the molecule is O=C(O)CCc1cccc(NC(=O)C2COc3ccc(Cl)cc3C2)c1. The molecule has 1 unspecified atom stereocenters. The maximum absolute atomic E-state index is 12.5. The van der Waals surface area contributed by atoms with Crippen LogP contribution < -0.4 is 10.1 Å². The van der Waals surface area contributed by atoms with Crippen LogP contribution in [0.3, 0.4) is 0 Å². The van der Waals surface area contributed by atoms with Gasteiger partial charge in [0.25, 0.3) is 0 Å². The van der Waals surface area contributed by atoms with Crippen LogP contribution in [0.1, 0.15) is 17.5 Å². The van der Waals surface area contributed by atoms with Crippen molar-refractivity contribution >= 4 is 29.2 Å². The van der Waals surface area contributed by atoms with Crippen molar-refractivity contribution in [3.63, 3.8) is 0 Å². The second-order valence-corrected chi connectivity index (χ2v) is 6.48. The van der Waals surface area contributed by atoms with E-state index in [0.717, 1.165) is 16.9 Å². The second-order valence-electron chi connectivity index (χ2n) is 6.05. The van der Waals surface area contributed by atoms with Crippen LogP contribution >= 0.6 is 11.6 Å². The highest BCUT2D eigenvalue weighted by molar-refractivity contribution is 6.30. The third-order valence-corrected chi connectivity index (χ3v) is 4.36. The first-order valence-electron chi connectivity index (χ1n) is 8.04. The van der Waals surface area contributed by atoms with E-state index in [-0.39, 0.29) is 18.2 Å². The summed E-state index contributed by atoms with van der Waals surface area (Å²) in [4.78, 5) is 23.2. The Bertz CT molecular complexity index is 806. The summed E-state index contributed by atoms with van der Waals surface area (Å²) in [6.45, 7) is 0.319. The van der Waals surface area contributed by atoms with E-state index in [4.69, 9.17) is 21.4 Å². The number of carbonyl (C=O) groups is 2. The number of benzene rings is 2. The van der Waals surface area contributed by atoms with Gasteiger partial charge in [-0.25, -0.2) is 0 Å². The zero-order valence-corrected chi connectivity index (χ0v) is 14.3. The summed E-state index contributed by atoms with van der Waals surface area (Å²) in [6.07, 6.45) is 1.06. The molecule has 25 heavy (non-hydrogen) atoms. The number of carboxylic acids is 1. The molecule has 2 aromatic rings. The molecule has 0 aliphatic carbocycles. The quantitative estimate of drug-likeness (QED) is 0.856. The number of ether oxygens (including phenoxy) is 1. The number of halogens is 1. The topological polar surface area (TPSA) is 75.6 Å². The number of anilines is 1. The zero-order valence-electron chi connectivity index (χ0n) is 13.5. The molecule has 3 rings (SSSR count). The van der Waals surface area contributed by atoms with Gasteiger partial charge in [0.15, 0.2) is 0 Å². The zero-order chi connectivity index (χ0) is 17.8. The van der Waals surface area contributed by atoms with Crippen LogP contribution in [0, 0.1) is 5.92 Å². The standard InChI is InChI=1S/C19H18ClNO4/c20-15-5-6-17-13(10-15)9-14(11-25-17)19(24)21-16-3-1-2-12(8-16)4-7-18(22)23/h1-3,5-6,8,10,14H,4,7,9,11H2,(H,21,24)(H,22,23). The predicted octanol–water partition coefficient (Wildman–Crippen LogP) is 3.55. The molecule has 130 valence electrons. The Hall–Kier alpha value is -2.53. The first-order chi connectivity index (χ1) is 12.0. The number of fused-ring (bicyclic) bond motifs is 1. The second kappa shape index (κ2) is 7.57. The molecule has 2 N–H and O–H groups in total. The smallest absolute Gasteiger partial charge is 0.303 e. The molecule has 0 aromatic heterocycles. The fourth-order valence-electron chi connectivity index (χ4n) is 2.83. The third kappa shape index (κ3) is 4.51. The van der Waals surface area contributed by atoms with Crippen LogP contribution in [0.2, 0.25) is 5.02 Å². The molecule has 1 aliphatic rings. The van der Waals surface area contributed by atoms with Gasteiger partial charge in [0.1, 0.15) is 12.4 Å². The Labute approximate surface area is 150 Å². The van der Waals surface area contributed by atoms with Crippen molar-refractivity contribution in [1.82, 2.24) is 0 Å². The molecule has 5 nitrogen and oxygen atoms in total. The molecule has 0 radical (unpaired) electrons. The minimum atomic E-state index is -0.842. The van der Waals surface area contributed by atoms with Crippen molar-refractivity contribution in [2.24, 2.45) is 5.92 Å². The lowest BCUT2D eigenvalue weighted by Crippen LogP contribution is -2.32. The van der Waals surface area contributed by atoms with Crippen LogP contribution in [-0.4, -0.2) is 23.6 Å². The Kier molecular flexibility index (Phi) is 5.24. The lowest BCUT2D eigenvalue weighted by molar-refractivity contribution is -0.137. The molecule has 1 aliphatic heterocycles. The number of amides is 1. The van der Waals surface area contributed by atoms with Gasteiger partial charge >= 0.3 is 5.97 Å². The average molecular weight is 360 g/mol. The summed E-state index contributed by atoms with van der Waals surface area (Å²) in [7, 11) is 0. The van der Waals surface area contributed by atoms with Gasteiger partial charge in [-0.15, -0.1) is 0 Å². The highest BCUT2D eigenvalue weighted by atomic mass is 35.5. The van der Waals surface area contributed by atoms with Gasteiger partial charge in [0.2, 0.25) is 5.91 Å². The number of carboxylic acid groups (broad SMARTS) is 1. The Morgan fingerprint density at radius 3 is 2.88 bits per heavy atom. The third-order valence-electron chi connectivity index (χ3n) is 4.12. The fraction of sp³-hybridized carbons (Fsp3) is 0.263. The minimum Gasteiger partial charge on any atom is -0.492 e. The van der Waals surface area contributed by atoms with Crippen LogP contribution in [0.25, 0.3) is 0 Å². The molecule has 1 heterocycles. The van der Waals surface area contributed by atoms with E-state index in [0.29, 0.717) is 30.2 Å². The first kappa shape index (κ1) is 17.3. The number of rotatable bonds is 5. The normalized spacial score (nSPS) is 15.8. The molecule has 6 heteroatoms. The van der Waals surface area contributed by atoms with Crippen molar-refractivity contribution in [1.29, 1.82) is 0 Å². The molecule has 0 bridgehead atoms. The van der Waals surface area contributed by atoms with Gasteiger partial charge in [0, 0.05) is 17.1 Å². The van der Waals surface area contributed by atoms with Gasteiger partial charge in [-0.1, -0.05) is 23.7 Å². The maximum atomic E-state index is 12.5. The number of aliphatic carboxylic acids is 1. The summed E-state index contributed by atoms with van der Waals surface area (Å²) < 4.78 is 5.65. The number of hydrogen-bond donors (Lipinski definition) is 2. The van der Waals surface area contributed by atoms with E-state index in [9.17, 15) is 9.59 Å². The van der Waals surface area contributed by atoms with Crippen LogP contribution in [0.5, 0.6) is 5.75 Å². The number of carbonyl (C=O) groups excluding carboxylic acids is 1. The van der Waals surface area contributed by atoms with E-state index in [1.807, 2.05) is 18.2 Å². The molecule has 2 aromatic carbocycles. The van der Waals surface area contributed by atoms with Gasteiger partial charge in [-0.05, 0) is 54.3 Å². The van der Waals surface area contributed by atoms with Crippen LogP contribution in [0.4, 0.5) is 5.69 Å². The molecular weight excluding hydrogens is 342 g/mol. The number of hydrogen-bond acceptors (Lipinski definition) is 3. The molecule has 0 saturated carbocycles. The van der Waals surface area contributed by atoms with Crippen molar-refractivity contribution < 1.29 is 19.4 Å². The first-order valence-corrected chi connectivity index (χ1v) is 8.42. The van der Waals surface area contributed by atoms with Gasteiger partial charge in [-0.3, -0.25) is 9.59 Å². The summed E-state index contributed by atoms with van der Waals surface area (Å²) in [6, 6.07) is 12.6. The summed E-state index contributed by atoms with van der Waals surface area (Å²) >= 11 is 6.01. The largest absolute Gasteiger partial charge is 0.492 e. The number of aryl methyl sites for hydroxylation is 1. The number of nitrogens with one attached hydrogen (secondary N) is 1. The van der Waals surface area contributed by atoms with E-state index in [2.05, 4.69) is 5.32 Å². The lowest BCUT2D eigenvalue weighted by Gasteiger charge is -2.24. The molecular formula is C19H18ClNO4. The van der Waals surface area contributed by atoms with Gasteiger partial charge in [-0.2, -0.15) is 0 Å². The van der Waals surface area contributed by atoms with Crippen LogP contribution in [-0.2, 0) is 22.4 Å². The highest BCUT2D eigenvalue weighted by Gasteiger charge is 2.26. The van der Waals surface area contributed by atoms with E-state index in [1.165, 1.54) is 0 Å². The van der Waals surface area contributed by atoms with Crippen LogP contribution in [0.15, 0.2) is 42.5 Å². The summed E-state index contributed by atoms with van der Waals surface area (Å²) in [5.41, 5.74) is 2.45. The van der Waals surface area contributed by atoms with Crippen molar-refractivity contribution in [2.45, 2.75) is 19.3 Å². The van der Waals surface area contributed by atoms with Crippen molar-refractivity contribution in [3.05, 3.63) is 58.6 Å². The average Bonchev–Trinajstić information content (AvgIpc) is 2.59. The lowest BCUT2D eigenvalue weighted by atomic mass is 9.96. The van der Waals surface area contributed by atoms with Gasteiger partial charge in [0.05, 0.1) is 5.92 Å². The van der Waals surface area contributed by atoms with E-state index in [1.54, 1.807) is 24.3 Å². The predicted molar refractivity (Wildman–Crippen MR) is 95.2 cm³/mol. The fourth-order valence-corrected chi connectivity index (χ4v) is 3.03. The molecule has 0 saturated heterocycles. The van der Waals surface area contributed by atoms with E-state index >= 15 is 0 Å². The molecule has 0 fully saturated rings. The Morgan fingerprint density at radius 1 is 1.24 bits per heavy atom.